The zero-order valence-electron chi connectivity index (χ0n) is 13.1. The second kappa shape index (κ2) is 6.40. The molecule has 0 saturated carbocycles. The molecule has 1 aromatic heterocycles. The molecule has 3 aromatic rings. The van der Waals surface area contributed by atoms with E-state index in [1.54, 1.807) is 24.3 Å². The molecule has 4 rings (SSSR count). The lowest BCUT2D eigenvalue weighted by molar-refractivity contribution is -0.642. The van der Waals surface area contributed by atoms with Crippen molar-refractivity contribution in [2.75, 3.05) is 4.31 Å². The largest absolute Gasteiger partial charge is 0.731 e. The Balaban J connectivity index is 1.88. The molecule has 0 spiro atoms. The van der Waals surface area contributed by atoms with Crippen molar-refractivity contribution in [1.82, 2.24) is 0 Å². The maximum atomic E-state index is 11.9. The summed E-state index contributed by atoms with van der Waals surface area (Å²) in [6.45, 7) is 0. The van der Waals surface area contributed by atoms with Gasteiger partial charge in [0.2, 0.25) is 5.52 Å². The van der Waals surface area contributed by atoms with Gasteiger partial charge in [0.05, 0.1) is 11.8 Å². The van der Waals surface area contributed by atoms with Crippen LogP contribution in [0.15, 0.2) is 46.3 Å². The van der Waals surface area contributed by atoms with Gasteiger partial charge >= 0.3 is 0 Å². The summed E-state index contributed by atoms with van der Waals surface area (Å²) in [5.41, 5.74) is 1.20. The number of anilines is 1. The highest BCUT2D eigenvalue weighted by Crippen LogP contribution is 2.49. The highest BCUT2D eigenvalue weighted by molar-refractivity contribution is 8.05. The van der Waals surface area contributed by atoms with Gasteiger partial charge in [-0.1, -0.05) is 46.3 Å². The SMILES string of the molecule is C[n+]1c(C=C2Sc3ccc(Cl)cc3N2S(=O)(=O)[O-])sc2ccc(Cl)cc21. The first kappa shape index (κ1) is 18.1. The molecule has 134 valence electrons. The van der Waals surface area contributed by atoms with Crippen molar-refractivity contribution in [2.24, 2.45) is 7.05 Å². The summed E-state index contributed by atoms with van der Waals surface area (Å²) in [4.78, 5) is 0.659. The van der Waals surface area contributed by atoms with Crippen molar-refractivity contribution >= 4 is 78.6 Å². The molecule has 10 heteroatoms. The average molecular weight is 445 g/mol. The number of benzene rings is 2. The third kappa shape index (κ3) is 3.11. The fraction of sp³-hybridized carbons (Fsp3) is 0.0625. The number of hydrogen-bond acceptors (Lipinski definition) is 5. The summed E-state index contributed by atoms with van der Waals surface area (Å²) in [5, 5.41) is 2.08. The van der Waals surface area contributed by atoms with Crippen molar-refractivity contribution in [3.8, 4) is 0 Å². The number of thiazole rings is 1. The van der Waals surface area contributed by atoms with Gasteiger partial charge in [-0.25, -0.2) is 12.7 Å². The number of aryl methyl sites for hydroxylation is 1. The molecule has 0 saturated heterocycles. The predicted octanol–water partition coefficient (Wildman–Crippen LogP) is 4.40. The summed E-state index contributed by atoms with van der Waals surface area (Å²) < 4.78 is 39.3. The van der Waals surface area contributed by atoms with Crippen LogP contribution in [0.4, 0.5) is 5.69 Å². The Hall–Kier alpha value is -1.29. The van der Waals surface area contributed by atoms with E-state index in [2.05, 4.69) is 0 Å². The minimum absolute atomic E-state index is 0.274. The first-order chi connectivity index (χ1) is 12.2. The monoisotopic (exact) mass is 444 g/mol. The van der Waals surface area contributed by atoms with Crippen molar-refractivity contribution in [3.63, 3.8) is 0 Å². The summed E-state index contributed by atoms with van der Waals surface area (Å²) in [6.07, 6.45) is 1.69. The molecule has 0 unspecified atom stereocenters. The quantitative estimate of drug-likeness (QED) is 0.433. The van der Waals surface area contributed by atoms with Gasteiger partial charge in [0.15, 0.2) is 10.3 Å². The van der Waals surface area contributed by atoms with Crippen LogP contribution in [0, 0.1) is 0 Å². The third-order valence-corrected chi connectivity index (χ3v) is 7.52. The molecule has 0 aliphatic carbocycles. The van der Waals surface area contributed by atoms with E-state index < -0.39 is 10.3 Å². The van der Waals surface area contributed by atoms with Gasteiger partial charge in [-0.2, -0.15) is 4.57 Å². The molecular formula is C16H10Cl2N2O3S3. The Bertz CT molecular complexity index is 1190. The molecule has 0 radical (unpaired) electrons. The van der Waals surface area contributed by atoms with E-state index >= 15 is 0 Å². The van der Waals surface area contributed by atoms with E-state index in [-0.39, 0.29) is 5.69 Å². The highest BCUT2D eigenvalue weighted by Gasteiger charge is 2.31. The molecule has 0 fully saturated rings. The van der Waals surface area contributed by atoms with Crippen LogP contribution in [-0.2, 0) is 17.4 Å². The van der Waals surface area contributed by atoms with Gasteiger partial charge in [-0.15, -0.1) is 0 Å². The minimum atomic E-state index is -4.74. The van der Waals surface area contributed by atoms with E-state index in [9.17, 15) is 13.0 Å². The molecule has 1 aliphatic rings. The van der Waals surface area contributed by atoms with Gasteiger partial charge < -0.3 is 4.55 Å². The zero-order valence-corrected chi connectivity index (χ0v) is 17.1. The number of halogens is 2. The van der Waals surface area contributed by atoms with Crippen molar-refractivity contribution in [3.05, 3.63) is 56.5 Å². The van der Waals surface area contributed by atoms with Crippen LogP contribution < -0.4 is 8.87 Å². The predicted molar refractivity (Wildman–Crippen MR) is 105 cm³/mol. The van der Waals surface area contributed by atoms with Crippen molar-refractivity contribution in [1.29, 1.82) is 0 Å². The smallest absolute Gasteiger partial charge is 0.265 e. The van der Waals surface area contributed by atoms with E-state index in [0.29, 0.717) is 20.0 Å². The van der Waals surface area contributed by atoms with Crippen molar-refractivity contribution in [2.45, 2.75) is 4.90 Å². The Morgan fingerprint density at radius 1 is 1.15 bits per heavy atom. The first-order valence-electron chi connectivity index (χ1n) is 7.27. The van der Waals surface area contributed by atoms with Gasteiger partial charge in [0.1, 0.15) is 16.8 Å². The standard InChI is InChI=1S/C16H10Cl2N2O3S3/c1-19-11-6-9(17)2-4-13(11)24-15(19)8-16-20(26(21,22)23)12-7-10(18)3-5-14(12)25-16/h2-8H,1H3. The van der Waals surface area contributed by atoms with Crippen LogP contribution in [0.25, 0.3) is 16.3 Å². The maximum Gasteiger partial charge on any atom is 0.265 e. The van der Waals surface area contributed by atoms with Gasteiger partial charge in [-0.05, 0) is 30.3 Å². The summed E-state index contributed by atoms with van der Waals surface area (Å²) in [5.74, 6) is 0. The molecule has 0 amide bonds. The van der Waals surface area contributed by atoms with Crippen LogP contribution in [0.2, 0.25) is 10.0 Å². The second-order valence-corrected chi connectivity index (χ2v) is 9.75. The van der Waals surface area contributed by atoms with Crippen LogP contribution in [-0.4, -0.2) is 13.0 Å². The van der Waals surface area contributed by atoms with Crippen LogP contribution in [0.3, 0.4) is 0 Å². The second-order valence-electron chi connectivity index (χ2n) is 5.53. The van der Waals surface area contributed by atoms with E-state index in [4.69, 9.17) is 23.2 Å². The van der Waals surface area contributed by atoms with Gasteiger partial charge in [0, 0.05) is 21.0 Å². The fourth-order valence-corrected chi connectivity index (χ4v) is 6.25. The molecule has 0 bridgehead atoms. The Labute approximate surface area is 168 Å². The topological polar surface area (TPSA) is 64.3 Å². The molecular weight excluding hydrogens is 435 g/mol. The van der Waals surface area contributed by atoms with Crippen LogP contribution in [0.5, 0.6) is 0 Å². The minimum Gasteiger partial charge on any atom is -0.731 e. The van der Waals surface area contributed by atoms with Crippen molar-refractivity contribution < 1.29 is 17.5 Å². The third-order valence-electron chi connectivity index (χ3n) is 3.85. The van der Waals surface area contributed by atoms with E-state index in [1.807, 2.05) is 23.7 Å². The molecule has 0 atom stereocenters. The number of aromatic nitrogens is 1. The summed E-state index contributed by atoms with van der Waals surface area (Å²) in [6, 6.07) is 10.4. The summed E-state index contributed by atoms with van der Waals surface area (Å²) in [7, 11) is -2.88. The lowest BCUT2D eigenvalue weighted by atomic mass is 10.3. The number of fused-ring (bicyclic) bond motifs is 2. The molecule has 2 aromatic carbocycles. The maximum absolute atomic E-state index is 11.9. The first-order valence-corrected chi connectivity index (χ1v) is 11.0. The molecule has 1 aliphatic heterocycles. The van der Waals surface area contributed by atoms with Gasteiger partial charge in [-0.3, -0.25) is 0 Å². The van der Waals surface area contributed by atoms with Gasteiger partial charge in [0.25, 0.3) is 5.01 Å². The lowest BCUT2D eigenvalue weighted by Crippen LogP contribution is -2.30. The zero-order chi connectivity index (χ0) is 18.6. The number of nitrogens with zero attached hydrogens (tertiary/aromatic N) is 2. The van der Waals surface area contributed by atoms with Crippen LogP contribution in [0.1, 0.15) is 5.01 Å². The number of hydrogen-bond donors (Lipinski definition) is 0. The molecule has 5 nitrogen and oxygen atoms in total. The molecule has 26 heavy (non-hydrogen) atoms. The highest BCUT2D eigenvalue weighted by atomic mass is 35.5. The Morgan fingerprint density at radius 3 is 2.58 bits per heavy atom. The summed E-state index contributed by atoms with van der Waals surface area (Å²) >= 11 is 14.7. The lowest BCUT2D eigenvalue weighted by Gasteiger charge is -2.22. The Morgan fingerprint density at radius 2 is 1.85 bits per heavy atom. The van der Waals surface area contributed by atoms with Crippen LogP contribution >= 0.6 is 46.3 Å². The molecule has 0 N–H and O–H groups in total. The van der Waals surface area contributed by atoms with E-state index in [1.165, 1.54) is 29.2 Å². The average Bonchev–Trinajstić information content (AvgIpc) is 3.05. The number of thioether (sulfide) groups is 1. The Kier molecular flexibility index (Phi) is 4.45. The van der Waals surface area contributed by atoms with E-state index in [0.717, 1.165) is 19.5 Å². The normalized spacial score (nSPS) is 15.8. The molecule has 2 heterocycles. The fourth-order valence-electron chi connectivity index (χ4n) is 2.70. The number of rotatable bonds is 2.